The fourth-order valence-electron chi connectivity index (χ4n) is 2.82. The molecule has 1 fully saturated rings. The van der Waals surface area contributed by atoms with E-state index in [1.807, 2.05) is 0 Å². The summed E-state index contributed by atoms with van der Waals surface area (Å²) in [5, 5.41) is 9.14. The number of nitrogens with zero attached hydrogens (tertiary/aromatic N) is 1. The van der Waals surface area contributed by atoms with Crippen molar-refractivity contribution < 1.29 is 28.2 Å². The van der Waals surface area contributed by atoms with Gasteiger partial charge in [0.15, 0.2) is 0 Å². The number of hydrogen-bond donors (Lipinski definition) is 1. The monoisotopic (exact) mass is 313 g/mol. The van der Waals surface area contributed by atoms with Crippen LogP contribution in [0, 0.1) is 17.3 Å². The Morgan fingerprint density at radius 2 is 1.86 bits per heavy atom. The highest BCUT2D eigenvalue weighted by Gasteiger charge is 2.66. The SMILES string of the molecule is CN(C(=O)[C@H]1[C@@H](C(=O)O)C1(C)C)c1ccccc1OC(F)F. The van der Waals surface area contributed by atoms with E-state index in [1.165, 1.54) is 30.1 Å². The Bertz CT molecular complexity index is 603. The van der Waals surface area contributed by atoms with Crippen LogP contribution >= 0.6 is 0 Å². The highest BCUT2D eigenvalue weighted by atomic mass is 19.3. The Morgan fingerprint density at radius 1 is 1.27 bits per heavy atom. The summed E-state index contributed by atoms with van der Waals surface area (Å²) >= 11 is 0. The zero-order valence-electron chi connectivity index (χ0n) is 12.4. The predicted octanol–water partition coefficient (Wildman–Crippen LogP) is 2.61. The lowest BCUT2D eigenvalue weighted by atomic mass is 10.1. The van der Waals surface area contributed by atoms with Gasteiger partial charge in [-0.25, -0.2) is 0 Å². The van der Waals surface area contributed by atoms with E-state index in [9.17, 15) is 18.4 Å². The van der Waals surface area contributed by atoms with E-state index in [1.54, 1.807) is 19.9 Å². The Balaban J connectivity index is 2.24. The van der Waals surface area contributed by atoms with Gasteiger partial charge in [-0.3, -0.25) is 9.59 Å². The highest BCUT2D eigenvalue weighted by Crippen LogP contribution is 2.59. The van der Waals surface area contributed by atoms with Crippen LogP contribution in [-0.4, -0.2) is 30.6 Å². The predicted molar refractivity (Wildman–Crippen MR) is 74.9 cm³/mol. The van der Waals surface area contributed by atoms with Crippen LogP contribution in [0.1, 0.15) is 13.8 Å². The average molecular weight is 313 g/mol. The molecule has 2 atom stereocenters. The smallest absolute Gasteiger partial charge is 0.387 e. The van der Waals surface area contributed by atoms with E-state index in [0.29, 0.717) is 0 Å². The summed E-state index contributed by atoms with van der Waals surface area (Å²) < 4.78 is 29.2. The maximum atomic E-state index is 12.5. The highest BCUT2D eigenvalue weighted by molar-refractivity contribution is 6.01. The molecule has 1 aliphatic rings. The molecule has 0 spiro atoms. The van der Waals surface area contributed by atoms with Crippen molar-refractivity contribution >= 4 is 17.6 Å². The molecule has 0 heterocycles. The van der Waals surface area contributed by atoms with Gasteiger partial charge in [-0.15, -0.1) is 0 Å². The lowest BCUT2D eigenvalue weighted by Crippen LogP contribution is -2.30. The Morgan fingerprint density at radius 3 is 2.36 bits per heavy atom. The summed E-state index contributed by atoms with van der Waals surface area (Å²) in [6, 6.07) is 5.91. The van der Waals surface area contributed by atoms with Crippen molar-refractivity contribution in [3.05, 3.63) is 24.3 Å². The van der Waals surface area contributed by atoms with E-state index in [4.69, 9.17) is 5.11 Å². The summed E-state index contributed by atoms with van der Waals surface area (Å²) in [6.45, 7) is 0.391. The van der Waals surface area contributed by atoms with Crippen molar-refractivity contribution in [3.8, 4) is 5.75 Å². The van der Waals surface area contributed by atoms with Crippen LogP contribution in [0.15, 0.2) is 24.3 Å². The number of ether oxygens (including phenoxy) is 1. The molecule has 0 unspecified atom stereocenters. The lowest BCUT2D eigenvalue weighted by molar-refractivity contribution is -0.140. The van der Waals surface area contributed by atoms with Crippen molar-refractivity contribution in [2.24, 2.45) is 17.3 Å². The molecule has 1 aromatic rings. The van der Waals surface area contributed by atoms with E-state index >= 15 is 0 Å². The van der Waals surface area contributed by atoms with Crippen molar-refractivity contribution in [2.45, 2.75) is 20.5 Å². The van der Waals surface area contributed by atoms with E-state index in [-0.39, 0.29) is 11.4 Å². The first-order valence-electron chi connectivity index (χ1n) is 6.72. The second-order valence-electron chi connectivity index (χ2n) is 5.86. The topological polar surface area (TPSA) is 66.8 Å². The average Bonchev–Trinajstić information content (AvgIpc) is 3.00. The Kier molecular flexibility index (Phi) is 4.08. The van der Waals surface area contributed by atoms with Gasteiger partial charge in [0.05, 0.1) is 17.5 Å². The zero-order chi connectivity index (χ0) is 16.7. The van der Waals surface area contributed by atoms with Gasteiger partial charge in [0.25, 0.3) is 0 Å². The molecule has 0 aliphatic heterocycles. The van der Waals surface area contributed by atoms with Crippen molar-refractivity contribution in [1.82, 2.24) is 0 Å². The largest absolute Gasteiger partial charge is 0.481 e. The number of rotatable bonds is 5. The Labute approximate surface area is 126 Å². The molecule has 2 rings (SSSR count). The third-order valence-electron chi connectivity index (χ3n) is 4.13. The van der Waals surface area contributed by atoms with Gasteiger partial charge in [0, 0.05) is 7.05 Å². The van der Waals surface area contributed by atoms with Crippen LogP contribution in [-0.2, 0) is 9.59 Å². The molecule has 5 nitrogen and oxygen atoms in total. The van der Waals surface area contributed by atoms with Gasteiger partial charge in [0.2, 0.25) is 5.91 Å². The van der Waals surface area contributed by atoms with Gasteiger partial charge >= 0.3 is 12.6 Å². The second-order valence-corrected chi connectivity index (χ2v) is 5.86. The van der Waals surface area contributed by atoms with Gasteiger partial charge in [-0.1, -0.05) is 26.0 Å². The fourth-order valence-corrected chi connectivity index (χ4v) is 2.82. The first-order chi connectivity index (χ1) is 10.2. The summed E-state index contributed by atoms with van der Waals surface area (Å²) in [5.74, 6) is -3.05. The summed E-state index contributed by atoms with van der Waals surface area (Å²) in [7, 11) is 1.42. The number of halogens is 2. The first kappa shape index (κ1) is 16.2. The van der Waals surface area contributed by atoms with Gasteiger partial charge in [0.1, 0.15) is 5.75 Å². The summed E-state index contributed by atoms with van der Waals surface area (Å²) in [6.07, 6.45) is 0. The maximum Gasteiger partial charge on any atom is 0.387 e. The number of carbonyl (C=O) groups is 2. The number of amides is 1. The van der Waals surface area contributed by atoms with Crippen LogP contribution in [0.25, 0.3) is 0 Å². The van der Waals surface area contributed by atoms with Gasteiger partial charge in [-0.2, -0.15) is 8.78 Å². The minimum Gasteiger partial charge on any atom is -0.481 e. The number of benzene rings is 1. The number of hydrogen-bond acceptors (Lipinski definition) is 3. The van der Waals surface area contributed by atoms with Crippen LogP contribution < -0.4 is 9.64 Å². The molecule has 22 heavy (non-hydrogen) atoms. The van der Waals surface area contributed by atoms with Crippen LogP contribution in [0.4, 0.5) is 14.5 Å². The van der Waals surface area contributed by atoms with E-state index in [2.05, 4.69) is 4.74 Å². The lowest BCUT2D eigenvalue weighted by Gasteiger charge is -2.21. The fraction of sp³-hybridized carbons (Fsp3) is 0.467. The number of para-hydroxylation sites is 2. The summed E-state index contributed by atoms with van der Waals surface area (Å²) in [5.41, 5.74) is -0.477. The molecule has 120 valence electrons. The standard InChI is InChI=1S/C15H17F2NO4/c1-15(2)10(11(15)13(20)21)12(19)18(3)8-6-4-5-7-9(8)22-14(16)17/h4-7,10-11,14H,1-3H3,(H,20,21)/t10-,11+/m1/s1. The van der Waals surface area contributed by atoms with Gasteiger partial charge < -0.3 is 14.7 Å². The molecule has 1 saturated carbocycles. The minimum absolute atomic E-state index is 0.126. The molecular formula is C15H17F2NO4. The molecule has 0 radical (unpaired) electrons. The molecule has 1 amide bonds. The van der Waals surface area contributed by atoms with Crippen LogP contribution in [0.5, 0.6) is 5.75 Å². The second kappa shape index (κ2) is 5.55. The maximum absolute atomic E-state index is 12.5. The third kappa shape index (κ3) is 2.75. The number of aliphatic carboxylic acids is 1. The molecule has 1 aliphatic carbocycles. The third-order valence-corrected chi connectivity index (χ3v) is 4.13. The number of alkyl halides is 2. The number of carbonyl (C=O) groups excluding carboxylic acids is 1. The first-order valence-corrected chi connectivity index (χ1v) is 6.72. The normalized spacial score (nSPS) is 22.3. The van der Waals surface area contributed by atoms with E-state index < -0.39 is 35.7 Å². The summed E-state index contributed by atoms with van der Waals surface area (Å²) in [4.78, 5) is 24.8. The molecule has 0 saturated heterocycles. The Hall–Kier alpha value is -2.18. The van der Waals surface area contributed by atoms with Gasteiger partial charge in [-0.05, 0) is 17.5 Å². The molecule has 7 heteroatoms. The van der Waals surface area contributed by atoms with E-state index in [0.717, 1.165) is 0 Å². The quantitative estimate of drug-likeness (QED) is 0.907. The molecular weight excluding hydrogens is 296 g/mol. The molecule has 0 bridgehead atoms. The van der Waals surface area contributed by atoms with Crippen LogP contribution in [0.3, 0.4) is 0 Å². The van der Waals surface area contributed by atoms with Crippen molar-refractivity contribution in [3.63, 3.8) is 0 Å². The molecule has 1 N–H and O–H groups in total. The van der Waals surface area contributed by atoms with Crippen LogP contribution in [0.2, 0.25) is 0 Å². The van der Waals surface area contributed by atoms with Crippen molar-refractivity contribution in [1.29, 1.82) is 0 Å². The van der Waals surface area contributed by atoms with Crippen molar-refractivity contribution in [2.75, 3.05) is 11.9 Å². The minimum atomic E-state index is -3.01. The number of anilines is 1. The zero-order valence-corrected chi connectivity index (χ0v) is 12.4. The molecule has 1 aromatic carbocycles. The number of carboxylic acid groups (broad SMARTS) is 1. The number of carboxylic acids is 1. The molecule has 0 aromatic heterocycles.